The van der Waals surface area contributed by atoms with Crippen molar-refractivity contribution in [3.8, 4) is 0 Å². The molecule has 1 fully saturated rings. The molecule has 76 valence electrons. The molecule has 0 spiro atoms. The third-order valence-corrected chi connectivity index (χ3v) is 2.57. The summed E-state index contributed by atoms with van der Waals surface area (Å²) in [4.78, 5) is 14.7. The van der Waals surface area contributed by atoms with E-state index in [0.29, 0.717) is 11.6 Å². The van der Waals surface area contributed by atoms with E-state index in [1.807, 2.05) is 0 Å². The van der Waals surface area contributed by atoms with Gasteiger partial charge in [-0.3, -0.25) is 0 Å². The molecule has 0 aliphatic heterocycles. The van der Waals surface area contributed by atoms with E-state index in [1.54, 1.807) is 6.07 Å². The lowest BCUT2D eigenvalue weighted by atomic mass is 10.1. The second-order valence-corrected chi connectivity index (χ2v) is 3.72. The average Bonchev–Trinajstić information content (AvgIpc) is 2.98. The van der Waals surface area contributed by atoms with Crippen molar-refractivity contribution in [2.75, 3.05) is 0 Å². The van der Waals surface area contributed by atoms with Gasteiger partial charge in [0.25, 0.3) is 5.71 Å². The second-order valence-electron chi connectivity index (χ2n) is 3.72. The van der Waals surface area contributed by atoms with E-state index in [0.717, 1.165) is 23.9 Å². The van der Waals surface area contributed by atoms with E-state index < -0.39 is 5.97 Å². The molecular formula is C10H8N2O3. The first-order valence-corrected chi connectivity index (χ1v) is 4.74. The van der Waals surface area contributed by atoms with Crippen molar-refractivity contribution < 1.29 is 14.4 Å². The maximum absolute atomic E-state index is 10.8. The number of carboxylic acids is 1. The van der Waals surface area contributed by atoms with Crippen molar-refractivity contribution in [1.82, 2.24) is 10.1 Å². The fourth-order valence-corrected chi connectivity index (χ4v) is 1.62. The second kappa shape index (κ2) is 2.79. The first-order valence-electron chi connectivity index (χ1n) is 4.74. The van der Waals surface area contributed by atoms with Gasteiger partial charge in [0, 0.05) is 12.1 Å². The summed E-state index contributed by atoms with van der Waals surface area (Å²) in [6.07, 6.45) is 3.48. The van der Waals surface area contributed by atoms with Gasteiger partial charge in [-0.15, -0.1) is 0 Å². The highest BCUT2D eigenvalue weighted by molar-refractivity contribution is 5.92. The Balaban J connectivity index is 2.21. The smallest absolute Gasteiger partial charge is 0.337 e. The molecule has 2 heterocycles. The Morgan fingerprint density at radius 2 is 2.33 bits per heavy atom. The van der Waals surface area contributed by atoms with Gasteiger partial charge in [0.2, 0.25) is 0 Å². The van der Waals surface area contributed by atoms with Crippen molar-refractivity contribution in [3.05, 3.63) is 23.5 Å². The normalized spacial score (nSPS) is 15.7. The van der Waals surface area contributed by atoms with E-state index in [2.05, 4.69) is 10.1 Å². The Labute approximate surface area is 84.7 Å². The molecule has 0 saturated heterocycles. The lowest BCUT2D eigenvalue weighted by Gasteiger charge is -1.93. The van der Waals surface area contributed by atoms with Crippen LogP contribution in [0.25, 0.3) is 11.1 Å². The molecule has 3 rings (SSSR count). The Morgan fingerprint density at radius 1 is 1.53 bits per heavy atom. The summed E-state index contributed by atoms with van der Waals surface area (Å²) >= 11 is 0. The average molecular weight is 204 g/mol. The molecule has 0 atom stereocenters. The van der Waals surface area contributed by atoms with Crippen LogP contribution in [0.5, 0.6) is 0 Å². The van der Waals surface area contributed by atoms with Gasteiger partial charge in [-0.25, -0.2) is 9.78 Å². The predicted molar refractivity (Wildman–Crippen MR) is 50.7 cm³/mol. The van der Waals surface area contributed by atoms with Crippen LogP contribution in [0.15, 0.2) is 16.8 Å². The van der Waals surface area contributed by atoms with Crippen LogP contribution in [0.3, 0.4) is 0 Å². The van der Waals surface area contributed by atoms with Gasteiger partial charge >= 0.3 is 5.97 Å². The van der Waals surface area contributed by atoms with Crippen molar-refractivity contribution in [3.63, 3.8) is 0 Å². The highest BCUT2D eigenvalue weighted by Crippen LogP contribution is 2.42. The predicted octanol–water partition coefficient (Wildman–Crippen LogP) is 1.80. The molecule has 1 N–H and O–H groups in total. The first kappa shape index (κ1) is 8.40. The van der Waals surface area contributed by atoms with Crippen LogP contribution in [0.4, 0.5) is 0 Å². The first-order chi connectivity index (χ1) is 7.25. The minimum Gasteiger partial charge on any atom is -0.478 e. The summed E-state index contributed by atoms with van der Waals surface area (Å²) < 4.78 is 5.03. The molecule has 5 heteroatoms. The number of hydrogen-bond acceptors (Lipinski definition) is 4. The highest BCUT2D eigenvalue weighted by atomic mass is 16.5. The van der Waals surface area contributed by atoms with Crippen LogP contribution < -0.4 is 0 Å². The number of hydrogen-bond donors (Lipinski definition) is 1. The molecule has 2 aromatic rings. The zero-order chi connectivity index (χ0) is 10.4. The number of carboxylic acid groups (broad SMARTS) is 1. The number of aromatic carboxylic acids is 1. The standard InChI is InChI=1S/C10H8N2O3/c13-10(14)6-3-7-8(5-1-2-5)12-15-9(7)11-4-6/h3-5H,1-2H2,(H,13,14). The summed E-state index contributed by atoms with van der Waals surface area (Å²) in [5, 5.41) is 13.5. The number of carbonyl (C=O) groups is 1. The zero-order valence-corrected chi connectivity index (χ0v) is 7.80. The number of rotatable bonds is 2. The third kappa shape index (κ3) is 1.27. The molecule has 0 radical (unpaired) electrons. The van der Waals surface area contributed by atoms with E-state index in [4.69, 9.17) is 9.63 Å². The van der Waals surface area contributed by atoms with Crippen LogP contribution >= 0.6 is 0 Å². The SMILES string of the molecule is O=C(O)c1cnc2onc(C3CC3)c2c1. The van der Waals surface area contributed by atoms with Gasteiger partial charge in [-0.05, 0) is 18.9 Å². The maximum atomic E-state index is 10.8. The number of aromatic nitrogens is 2. The van der Waals surface area contributed by atoms with E-state index >= 15 is 0 Å². The summed E-state index contributed by atoms with van der Waals surface area (Å²) in [5.41, 5.74) is 1.44. The Morgan fingerprint density at radius 3 is 3.00 bits per heavy atom. The number of nitrogens with zero attached hydrogens (tertiary/aromatic N) is 2. The topological polar surface area (TPSA) is 76.2 Å². The molecule has 0 unspecified atom stereocenters. The number of fused-ring (bicyclic) bond motifs is 1. The van der Waals surface area contributed by atoms with Crippen molar-refractivity contribution in [1.29, 1.82) is 0 Å². The molecule has 1 saturated carbocycles. The van der Waals surface area contributed by atoms with Gasteiger partial charge in [-0.1, -0.05) is 5.16 Å². The Hall–Kier alpha value is -1.91. The van der Waals surface area contributed by atoms with Crippen LogP contribution in [0.1, 0.15) is 34.8 Å². The molecule has 1 aliphatic rings. The van der Waals surface area contributed by atoms with Crippen LogP contribution in [-0.4, -0.2) is 21.2 Å². The quantitative estimate of drug-likeness (QED) is 0.807. The van der Waals surface area contributed by atoms with Crippen molar-refractivity contribution >= 4 is 17.1 Å². The molecule has 15 heavy (non-hydrogen) atoms. The molecule has 2 aromatic heterocycles. The maximum Gasteiger partial charge on any atom is 0.337 e. The van der Waals surface area contributed by atoms with Gasteiger partial charge in [0.05, 0.1) is 16.6 Å². The van der Waals surface area contributed by atoms with Gasteiger partial charge in [0.1, 0.15) is 0 Å². The number of pyridine rings is 1. The van der Waals surface area contributed by atoms with Crippen molar-refractivity contribution in [2.24, 2.45) is 0 Å². The van der Waals surface area contributed by atoms with Crippen LogP contribution in [0.2, 0.25) is 0 Å². The minimum absolute atomic E-state index is 0.174. The third-order valence-electron chi connectivity index (χ3n) is 2.57. The van der Waals surface area contributed by atoms with Crippen LogP contribution in [-0.2, 0) is 0 Å². The summed E-state index contributed by atoms with van der Waals surface area (Å²) in [6, 6.07) is 1.58. The molecule has 5 nitrogen and oxygen atoms in total. The summed E-state index contributed by atoms with van der Waals surface area (Å²) in [5.74, 6) is -0.551. The monoisotopic (exact) mass is 204 g/mol. The lowest BCUT2D eigenvalue weighted by molar-refractivity contribution is 0.0696. The summed E-state index contributed by atoms with van der Waals surface area (Å²) in [7, 11) is 0. The van der Waals surface area contributed by atoms with E-state index in [1.165, 1.54) is 6.20 Å². The van der Waals surface area contributed by atoms with Crippen molar-refractivity contribution in [2.45, 2.75) is 18.8 Å². The Bertz CT molecular complexity index is 543. The van der Waals surface area contributed by atoms with Crippen LogP contribution in [0, 0.1) is 0 Å². The lowest BCUT2D eigenvalue weighted by Crippen LogP contribution is -1.96. The van der Waals surface area contributed by atoms with Gasteiger partial charge in [-0.2, -0.15) is 0 Å². The fourth-order valence-electron chi connectivity index (χ4n) is 1.62. The fraction of sp³-hybridized carbons (Fsp3) is 0.300. The zero-order valence-electron chi connectivity index (χ0n) is 7.80. The molecular weight excluding hydrogens is 196 g/mol. The summed E-state index contributed by atoms with van der Waals surface area (Å²) in [6.45, 7) is 0. The largest absolute Gasteiger partial charge is 0.478 e. The molecule has 1 aliphatic carbocycles. The minimum atomic E-state index is -0.979. The molecule has 0 aromatic carbocycles. The van der Waals surface area contributed by atoms with Gasteiger partial charge < -0.3 is 9.63 Å². The van der Waals surface area contributed by atoms with E-state index in [-0.39, 0.29) is 5.56 Å². The Kier molecular flexibility index (Phi) is 1.56. The molecule has 0 bridgehead atoms. The van der Waals surface area contributed by atoms with E-state index in [9.17, 15) is 4.79 Å². The highest BCUT2D eigenvalue weighted by Gasteiger charge is 2.29. The molecule has 0 amide bonds. The van der Waals surface area contributed by atoms with Gasteiger partial charge in [0.15, 0.2) is 0 Å².